The van der Waals surface area contributed by atoms with E-state index >= 15 is 0 Å². The van der Waals surface area contributed by atoms with Gasteiger partial charge in [0.1, 0.15) is 5.54 Å². The molecular formula is C22H19ClF3N5O4. The van der Waals surface area contributed by atoms with Gasteiger partial charge in [0.25, 0.3) is 11.8 Å². The number of aromatic nitrogens is 2. The van der Waals surface area contributed by atoms with E-state index in [-0.39, 0.29) is 28.9 Å². The van der Waals surface area contributed by atoms with E-state index in [0.717, 1.165) is 6.07 Å². The first kappa shape index (κ1) is 24.3. The van der Waals surface area contributed by atoms with E-state index in [0.29, 0.717) is 24.2 Å². The molecule has 2 amide bonds. The van der Waals surface area contributed by atoms with Gasteiger partial charge >= 0.3 is 6.18 Å². The molecule has 2 aromatic heterocycles. The molecule has 1 saturated carbocycles. The van der Waals surface area contributed by atoms with Crippen LogP contribution in [0.1, 0.15) is 34.7 Å². The van der Waals surface area contributed by atoms with E-state index in [9.17, 15) is 22.8 Å². The largest absolute Gasteiger partial charge is 0.479 e. The minimum absolute atomic E-state index is 0.0303. The standard InChI is InChI=1S/C22H19ClF3N5O4/c1-34-18-9-17(35-31-18)19(32)30-21(6-7-21)20(33)28-10-13-3-4-14(11-27-13)29-16-5-2-12(23)8-15(16)22(24,25)26/h2-5,8-9,11,29H,6-7,10H2,1H3,(H,28,33)(H,30,32). The Labute approximate surface area is 202 Å². The van der Waals surface area contributed by atoms with Crippen molar-refractivity contribution in [2.75, 3.05) is 12.4 Å². The quantitative estimate of drug-likeness (QED) is 0.419. The molecule has 13 heteroatoms. The number of rotatable bonds is 8. The summed E-state index contributed by atoms with van der Waals surface area (Å²) in [6.07, 6.45) is -2.33. The zero-order valence-electron chi connectivity index (χ0n) is 18.2. The summed E-state index contributed by atoms with van der Waals surface area (Å²) in [5, 5.41) is 11.5. The fraction of sp³-hybridized carbons (Fsp3) is 0.273. The maximum Gasteiger partial charge on any atom is 0.418 e. The minimum Gasteiger partial charge on any atom is -0.479 e. The van der Waals surface area contributed by atoms with Gasteiger partial charge in [0.05, 0.1) is 48.5 Å². The molecule has 3 aromatic rings. The SMILES string of the molecule is COc1cc(C(=O)NC2(C(=O)NCc3ccc(Nc4ccc(Cl)cc4C(F)(F)F)cn3)CC2)on1. The van der Waals surface area contributed by atoms with Gasteiger partial charge in [0.2, 0.25) is 11.7 Å². The summed E-state index contributed by atoms with van der Waals surface area (Å²) < 4.78 is 49.6. The van der Waals surface area contributed by atoms with E-state index in [1.54, 1.807) is 6.07 Å². The first-order valence-corrected chi connectivity index (χ1v) is 10.7. The van der Waals surface area contributed by atoms with Crippen molar-refractivity contribution in [2.45, 2.75) is 31.1 Å². The van der Waals surface area contributed by atoms with Crippen molar-refractivity contribution < 1.29 is 32.0 Å². The monoisotopic (exact) mass is 509 g/mol. The number of benzene rings is 1. The fourth-order valence-electron chi connectivity index (χ4n) is 3.23. The lowest BCUT2D eigenvalue weighted by molar-refractivity contribution is -0.137. The van der Waals surface area contributed by atoms with Gasteiger partial charge in [-0.1, -0.05) is 11.6 Å². The van der Waals surface area contributed by atoms with Gasteiger partial charge in [-0.3, -0.25) is 14.6 Å². The highest BCUT2D eigenvalue weighted by molar-refractivity contribution is 6.30. The van der Waals surface area contributed by atoms with Crippen LogP contribution in [0.5, 0.6) is 5.88 Å². The lowest BCUT2D eigenvalue weighted by Gasteiger charge is -2.16. The number of carbonyl (C=O) groups is 2. The van der Waals surface area contributed by atoms with Crippen LogP contribution in [0, 0.1) is 0 Å². The van der Waals surface area contributed by atoms with Crippen molar-refractivity contribution in [1.29, 1.82) is 0 Å². The Balaban J connectivity index is 1.34. The summed E-state index contributed by atoms with van der Waals surface area (Å²) in [6, 6.07) is 7.83. The number of alkyl halides is 3. The Morgan fingerprint density at radius 3 is 2.57 bits per heavy atom. The second kappa shape index (κ2) is 9.45. The van der Waals surface area contributed by atoms with Crippen LogP contribution >= 0.6 is 11.6 Å². The Bertz CT molecular complexity index is 1240. The molecule has 35 heavy (non-hydrogen) atoms. The second-order valence-corrected chi connectivity index (χ2v) is 8.24. The molecule has 0 saturated heterocycles. The van der Waals surface area contributed by atoms with Crippen molar-refractivity contribution in [2.24, 2.45) is 0 Å². The van der Waals surface area contributed by atoms with E-state index in [1.807, 2.05) is 0 Å². The molecular weight excluding hydrogens is 491 g/mol. The first-order valence-electron chi connectivity index (χ1n) is 10.3. The molecule has 9 nitrogen and oxygen atoms in total. The summed E-state index contributed by atoms with van der Waals surface area (Å²) in [7, 11) is 1.38. The summed E-state index contributed by atoms with van der Waals surface area (Å²) in [4.78, 5) is 29.1. The molecule has 0 aliphatic heterocycles. The number of pyridine rings is 1. The molecule has 4 rings (SSSR count). The van der Waals surface area contributed by atoms with Crippen LogP contribution in [-0.2, 0) is 17.5 Å². The molecule has 1 aliphatic rings. The average molecular weight is 510 g/mol. The van der Waals surface area contributed by atoms with Crippen LogP contribution in [-0.4, -0.2) is 34.6 Å². The fourth-order valence-corrected chi connectivity index (χ4v) is 3.41. The van der Waals surface area contributed by atoms with Crippen molar-refractivity contribution in [3.8, 4) is 5.88 Å². The number of halogens is 4. The first-order chi connectivity index (χ1) is 16.6. The van der Waals surface area contributed by atoms with Crippen molar-refractivity contribution >= 4 is 34.8 Å². The third-order valence-electron chi connectivity index (χ3n) is 5.28. The molecule has 0 spiro atoms. The number of amides is 2. The number of nitrogens with one attached hydrogen (secondary N) is 3. The molecule has 0 unspecified atom stereocenters. The lowest BCUT2D eigenvalue weighted by atomic mass is 10.1. The van der Waals surface area contributed by atoms with Crippen LogP contribution in [0.25, 0.3) is 0 Å². The zero-order chi connectivity index (χ0) is 25.2. The van der Waals surface area contributed by atoms with Crippen LogP contribution < -0.4 is 20.7 Å². The van der Waals surface area contributed by atoms with E-state index < -0.39 is 29.1 Å². The highest BCUT2D eigenvalue weighted by Crippen LogP contribution is 2.38. The Hall–Kier alpha value is -3.80. The highest BCUT2D eigenvalue weighted by Gasteiger charge is 2.51. The van der Waals surface area contributed by atoms with Crippen LogP contribution in [0.4, 0.5) is 24.5 Å². The molecule has 1 aliphatic carbocycles. The van der Waals surface area contributed by atoms with Crippen molar-refractivity contribution in [1.82, 2.24) is 20.8 Å². The van der Waals surface area contributed by atoms with Gasteiger partial charge in [0, 0.05) is 5.02 Å². The molecule has 0 bridgehead atoms. The smallest absolute Gasteiger partial charge is 0.418 e. The van der Waals surface area contributed by atoms with Gasteiger partial charge in [0.15, 0.2) is 0 Å². The van der Waals surface area contributed by atoms with E-state index in [1.165, 1.54) is 37.6 Å². The molecule has 0 radical (unpaired) electrons. The topological polar surface area (TPSA) is 118 Å². The number of carbonyl (C=O) groups excluding carboxylic acids is 2. The summed E-state index contributed by atoms with van der Waals surface area (Å²) in [5.41, 5.74) is -1.33. The summed E-state index contributed by atoms with van der Waals surface area (Å²) in [5.74, 6) is -0.932. The highest BCUT2D eigenvalue weighted by atomic mass is 35.5. The second-order valence-electron chi connectivity index (χ2n) is 7.80. The molecule has 184 valence electrons. The van der Waals surface area contributed by atoms with Gasteiger partial charge in [-0.25, -0.2) is 0 Å². The molecule has 2 heterocycles. The Morgan fingerprint density at radius 1 is 1.20 bits per heavy atom. The van der Waals surface area contributed by atoms with Crippen LogP contribution in [0.15, 0.2) is 47.1 Å². The van der Waals surface area contributed by atoms with E-state index in [4.69, 9.17) is 20.9 Å². The number of hydrogen-bond donors (Lipinski definition) is 3. The molecule has 1 fully saturated rings. The predicted octanol–water partition coefficient (Wildman–Crippen LogP) is 4.07. The third kappa shape index (κ3) is 5.65. The molecule has 0 atom stereocenters. The van der Waals surface area contributed by atoms with E-state index in [2.05, 4.69) is 26.1 Å². The van der Waals surface area contributed by atoms with Gasteiger partial charge in [-0.2, -0.15) is 13.2 Å². The maximum atomic E-state index is 13.3. The number of nitrogens with zero attached hydrogens (tertiary/aromatic N) is 2. The van der Waals surface area contributed by atoms with Gasteiger partial charge < -0.3 is 25.2 Å². The summed E-state index contributed by atoms with van der Waals surface area (Å²) >= 11 is 5.70. The summed E-state index contributed by atoms with van der Waals surface area (Å²) in [6.45, 7) is 0.0572. The molecule has 1 aromatic carbocycles. The van der Waals surface area contributed by atoms with Gasteiger partial charge in [-0.15, -0.1) is 0 Å². The number of ether oxygens (including phenoxy) is 1. The molecule has 3 N–H and O–H groups in total. The normalized spacial score (nSPS) is 14.2. The Kier molecular flexibility index (Phi) is 6.57. The minimum atomic E-state index is -4.58. The Morgan fingerprint density at radius 2 is 1.97 bits per heavy atom. The predicted molar refractivity (Wildman–Crippen MR) is 118 cm³/mol. The zero-order valence-corrected chi connectivity index (χ0v) is 19.0. The van der Waals surface area contributed by atoms with Crippen LogP contribution in [0.3, 0.4) is 0 Å². The van der Waals surface area contributed by atoms with Gasteiger partial charge in [-0.05, 0) is 48.3 Å². The number of methoxy groups -OCH3 is 1. The van der Waals surface area contributed by atoms with Crippen molar-refractivity contribution in [3.05, 3.63) is 64.6 Å². The lowest BCUT2D eigenvalue weighted by Crippen LogP contribution is -2.48. The average Bonchev–Trinajstić information content (AvgIpc) is 3.44. The maximum absolute atomic E-state index is 13.3. The van der Waals surface area contributed by atoms with Crippen LogP contribution in [0.2, 0.25) is 5.02 Å². The number of hydrogen-bond acceptors (Lipinski definition) is 7. The number of anilines is 2. The third-order valence-corrected chi connectivity index (χ3v) is 5.51. The van der Waals surface area contributed by atoms with Crippen molar-refractivity contribution in [3.63, 3.8) is 0 Å².